The van der Waals surface area contributed by atoms with Gasteiger partial charge in [0.15, 0.2) is 0 Å². The molecule has 1 heteroatoms. The molecule has 250 valence electrons. The molecule has 0 saturated heterocycles. The summed E-state index contributed by atoms with van der Waals surface area (Å²) >= 11 is 1.92. The maximum Gasteiger partial charge on any atom is 0.0358 e. The molecular weight excluding hydrogens is 645 g/mol. The molecule has 0 spiro atoms. The van der Waals surface area contributed by atoms with Gasteiger partial charge in [0.25, 0.3) is 0 Å². The zero-order chi connectivity index (χ0) is 35.0. The summed E-state index contributed by atoms with van der Waals surface area (Å²) < 4.78 is 2.74. The van der Waals surface area contributed by atoms with Gasteiger partial charge in [-0.3, -0.25) is 0 Å². The van der Waals surface area contributed by atoms with Gasteiger partial charge in [-0.15, -0.1) is 11.3 Å². The van der Waals surface area contributed by atoms with E-state index in [1.165, 1.54) is 91.8 Å². The van der Waals surface area contributed by atoms with Gasteiger partial charge >= 0.3 is 0 Å². The maximum absolute atomic E-state index is 2.56. The zero-order valence-corrected chi connectivity index (χ0v) is 30.7. The first-order valence-corrected chi connectivity index (χ1v) is 19.4. The van der Waals surface area contributed by atoms with Crippen LogP contribution in [0.25, 0.3) is 64.0 Å². The summed E-state index contributed by atoms with van der Waals surface area (Å²) in [4.78, 5) is 0. The number of hydrogen-bond acceptors (Lipinski definition) is 1. The largest absolute Gasteiger partial charge is 0.135 e. The Hall–Kier alpha value is -5.50. The molecule has 2 unspecified atom stereocenters. The summed E-state index contributed by atoms with van der Waals surface area (Å²) in [6.07, 6.45) is 0.999. The molecule has 9 aromatic rings. The standard InChI is InChI=1S/C51H40S/c1-32(44(27-33-13-5-4-6-14-33)38-24-25-41-40-18-11-12-20-48(40)52-49(41)30-38)35-23-26-43-46(29-35)51(2,3)47-31-45(39-17-9-10-19-42(39)50(43)47)37-22-21-34-15-7-8-16-36(34)28-37/h4-26,28-32,44H,27H2,1-3H3. The fourth-order valence-electron chi connectivity index (χ4n) is 9.14. The number of hydrogen-bond donors (Lipinski definition) is 0. The highest BCUT2D eigenvalue weighted by atomic mass is 32.1. The maximum atomic E-state index is 2.56. The normalized spacial score (nSPS) is 14.5. The first-order valence-electron chi connectivity index (χ1n) is 18.6. The minimum absolute atomic E-state index is 0.138. The quantitative estimate of drug-likeness (QED) is 0.164. The van der Waals surface area contributed by atoms with Crippen molar-refractivity contribution in [2.45, 2.75) is 44.4 Å². The molecule has 0 radical (unpaired) electrons. The molecule has 1 aliphatic carbocycles. The van der Waals surface area contributed by atoms with E-state index in [2.05, 4.69) is 185 Å². The first-order chi connectivity index (χ1) is 25.4. The summed E-state index contributed by atoms with van der Waals surface area (Å²) in [6, 6.07) is 61.7. The van der Waals surface area contributed by atoms with Crippen LogP contribution < -0.4 is 0 Å². The number of thiophene rings is 1. The van der Waals surface area contributed by atoms with Gasteiger partial charge in [0.2, 0.25) is 0 Å². The number of fused-ring (bicyclic) bond motifs is 9. The fourth-order valence-corrected chi connectivity index (χ4v) is 10.3. The molecule has 10 rings (SSSR count). The molecule has 1 heterocycles. The molecule has 8 aromatic carbocycles. The lowest BCUT2D eigenvalue weighted by molar-refractivity contribution is 0.570. The predicted octanol–water partition coefficient (Wildman–Crippen LogP) is 14.5. The van der Waals surface area contributed by atoms with Crippen molar-refractivity contribution in [1.82, 2.24) is 0 Å². The Kier molecular flexibility index (Phi) is 7.24. The van der Waals surface area contributed by atoms with Gasteiger partial charge in [-0.1, -0.05) is 160 Å². The van der Waals surface area contributed by atoms with E-state index in [4.69, 9.17) is 0 Å². The second-order valence-corrected chi connectivity index (χ2v) is 16.4. The lowest BCUT2D eigenvalue weighted by Gasteiger charge is -2.28. The molecule has 0 fully saturated rings. The van der Waals surface area contributed by atoms with Crippen molar-refractivity contribution in [3.8, 4) is 22.3 Å². The average molecular weight is 685 g/mol. The van der Waals surface area contributed by atoms with Crippen molar-refractivity contribution in [3.63, 3.8) is 0 Å². The minimum Gasteiger partial charge on any atom is -0.135 e. The van der Waals surface area contributed by atoms with Crippen LogP contribution in [0.5, 0.6) is 0 Å². The third-order valence-corrected chi connectivity index (χ3v) is 13.2. The third-order valence-electron chi connectivity index (χ3n) is 12.0. The monoisotopic (exact) mass is 684 g/mol. The Morgan fingerprint density at radius 2 is 1.19 bits per heavy atom. The van der Waals surface area contributed by atoms with Crippen LogP contribution in [0.1, 0.15) is 60.4 Å². The highest BCUT2D eigenvalue weighted by molar-refractivity contribution is 7.25. The van der Waals surface area contributed by atoms with Crippen molar-refractivity contribution < 1.29 is 0 Å². The van der Waals surface area contributed by atoms with E-state index >= 15 is 0 Å². The van der Waals surface area contributed by atoms with Crippen LogP contribution in [0.4, 0.5) is 0 Å². The van der Waals surface area contributed by atoms with Crippen molar-refractivity contribution in [3.05, 3.63) is 192 Å². The second-order valence-electron chi connectivity index (χ2n) is 15.3. The molecule has 0 saturated carbocycles. The van der Waals surface area contributed by atoms with E-state index in [0.717, 1.165) is 6.42 Å². The van der Waals surface area contributed by atoms with Crippen molar-refractivity contribution in [2.75, 3.05) is 0 Å². The molecule has 0 nitrogen and oxygen atoms in total. The van der Waals surface area contributed by atoms with E-state index in [0.29, 0.717) is 11.8 Å². The predicted molar refractivity (Wildman–Crippen MR) is 225 cm³/mol. The van der Waals surface area contributed by atoms with Gasteiger partial charge < -0.3 is 0 Å². The van der Waals surface area contributed by atoms with E-state index in [-0.39, 0.29) is 5.41 Å². The van der Waals surface area contributed by atoms with Crippen LogP contribution in [0.3, 0.4) is 0 Å². The average Bonchev–Trinajstić information content (AvgIpc) is 3.67. The Morgan fingerprint density at radius 1 is 0.500 bits per heavy atom. The van der Waals surface area contributed by atoms with Crippen LogP contribution >= 0.6 is 11.3 Å². The van der Waals surface area contributed by atoms with Gasteiger partial charge in [0.1, 0.15) is 0 Å². The van der Waals surface area contributed by atoms with Crippen molar-refractivity contribution >= 4 is 53.1 Å². The number of benzene rings is 8. The molecule has 1 aliphatic rings. The summed E-state index contributed by atoms with van der Waals surface area (Å²) in [5, 5.41) is 7.94. The van der Waals surface area contributed by atoms with Crippen molar-refractivity contribution in [2.24, 2.45) is 0 Å². The molecule has 0 aliphatic heterocycles. The topological polar surface area (TPSA) is 0 Å². The number of rotatable bonds is 6. The van der Waals surface area contributed by atoms with Crippen LogP contribution in [0, 0.1) is 0 Å². The Labute approximate surface area is 310 Å². The summed E-state index contributed by atoms with van der Waals surface area (Å²) in [5.74, 6) is 0.657. The van der Waals surface area contributed by atoms with Gasteiger partial charge in [-0.25, -0.2) is 0 Å². The van der Waals surface area contributed by atoms with Crippen molar-refractivity contribution in [1.29, 1.82) is 0 Å². The molecule has 0 amide bonds. The van der Waals surface area contributed by atoms with Crippen LogP contribution in [0.2, 0.25) is 0 Å². The Bertz CT molecular complexity index is 2820. The van der Waals surface area contributed by atoms with E-state index in [1.54, 1.807) is 0 Å². The molecule has 1 aromatic heterocycles. The Morgan fingerprint density at radius 3 is 2.04 bits per heavy atom. The lowest BCUT2D eigenvalue weighted by atomic mass is 9.76. The first kappa shape index (κ1) is 31.3. The molecule has 52 heavy (non-hydrogen) atoms. The minimum atomic E-state index is -0.138. The third kappa shape index (κ3) is 4.94. The smallest absolute Gasteiger partial charge is 0.0358 e. The summed E-state index contributed by atoms with van der Waals surface area (Å²) in [5.41, 5.74) is 12.3. The van der Waals surface area contributed by atoms with Gasteiger partial charge in [-0.05, 0) is 114 Å². The van der Waals surface area contributed by atoms with E-state index in [1.807, 2.05) is 11.3 Å². The molecular formula is C51H40S. The SMILES string of the molecule is CC(c1ccc2c(c1)C(C)(C)c1cc(-c3ccc4ccccc4c3)c3ccccc3c1-2)C(Cc1ccccc1)c1ccc2c(c1)sc1ccccc12. The molecule has 0 bridgehead atoms. The highest BCUT2D eigenvalue weighted by Crippen LogP contribution is 2.54. The second kappa shape index (κ2) is 12.0. The highest BCUT2D eigenvalue weighted by Gasteiger charge is 2.38. The lowest BCUT2D eigenvalue weighted by Crippen LogP contribution is -2.17. The van der Waals surface area contributed by atoms with Gasteiger partial charge in [0, 0.05) is 25.6 Å². The molecule has 0 N–H and O–H groups in total. The van der Waals surface area contributed by atoms with Gasteiger partial charge in [-0.2, -0.15) is 0 Å². The van der Waals surface area contributed by atoms with Crippen LogP contribution in [-0.2, 0) is 11.8 Å². The molecule has 2 atom stereocenters. The van der Waals surface area contributed by atoms with E-state index in [9.17, 15) is 0 Å². The summed E-state index contributed by atoms with van der Waals surface area (Å²) in [7, 11) is 0. The van der Waals surface area contributed by atoms with Crippen LogP contribution in [-0.4, -0.2) is 0 Å². The Balaban J connectivity index is 1.09. The van der Waals surface area contributed by atoms with Crippen LogP contribution in [0.15, 0.2) is 164 Å². The van der Waals surface area contributed by atoms with E-state index < -0.39 is 0 Å². The fraction of sp³-hybridized carbons (Fsp3) is 0.137. The van der Waals surface area contributed by atoms with Gasteiger partial charge in [0.05, 0.1) is 0 Å². The summed E-state index contributed by atoms with van der Waals surface area (Å²) in [6.45, 7) is 7.32. The zero-order valence-electron chi connectivity index (χ0n) is 29.9.